The summed E-state index contributed by atoms with van der Waals surface area (Å²) < 4.78 is 0.532. The zero-order chi connectivity index (χ0) is 10.0. The van der Waals surface area contributed by atoms with Gasteiger partial charge in [-0.05, 0) is 34.5 Å². The van der Waals surface area contributed by atoms with Gasteiger partial charge in [-0.3, -0.25) is 10.1 Å². The van der Waals surface area contributed by atoms with Gasteiger partial charge in [0.1, 0.15) is 10.2 Å². The summed E-state index contributed by atoms with van der Waals surface area (Å²) >= 11 is 3.19. The fourth-order valence-electron chi connectivity index (χ4n) is 1.05. The van der Waals surface area contributed by atoms with Crippen LogP contribution in [0.25, 0.3) is 0 Å². The second kappa shape index (κ2) is 3.74. The van der Waals surface area contributed by atoms with E-state index >= 15 is 0 Å². The number of rotatable bonds is 2. The van der Waals surface area contributed by atoms with Crippen molar-refractivity contribution >= 4 is 27.3 Å². The topological polar surface area (TPSA) is 55.2 Å². The van der Waals surface area contributed by atoms with E-state index in [4.69, 9.17) is 0 Å². The number of benzene rings is 1. The fourth-order valence-corrected chi connectivity index (χ4v) is 1.54. The van der Waals surface area contributed by atoms with Crippen molar-refractivity contribution in [2.24, 2.45) is 0 Å². The molecule has 0 atom stereocenters. The fraction of sp³-hybridized carbons (Fsp3) is 0.250. The first kappa shape index (κ1) is 9.98. The van der Waals surface area contributed by atoms with Gasteiger partial charge in [0.25, 0.3) is 0 Å². The molecular formula is C8H9BrN2O2. The molecule has 0 saturated heterocycles. The Hall–Kier alpha value is -1.10. The highest BCUT2D eigenvalue weighted by Gasteiger charge is 2.18. The molecule has 0 bridgehead atoms. The summed E-state index contributed by atoms with van der Waals surface area (Å²) in [5, 5.41) is 13.5. The molecule has 1 N–H and O–H groups in total. The molecule has 0 spiro atoms. The second-order valence-electron chi connectivity index (χ2n) is 2.60. The smallest absolute Gasteiger partial charge is 0.306 e. The number of hydrogen-bond acceptors (Lipinski definition) is 3. The Morgan fingerprint density at radius 2 is 2.15 bits per heavy atom. The van der Waals surface area contributed by atoms with Gasteiger partial charge in [0.2, 0.25) is 0 Å². The highest BCUT2D eigenvalue weighted by Crippen LogP contribution is 2.34. The Morgan fingerprint density at radius 3 is 2.62 bits per heavy atom. The molecule has 13 heavy (non-hydrogen) atoms. The van der Waals surface area contributed by atoms with Crippen molar-refractivity contribution in [3.63, 3.8) is 0 Å². The average Bonchev–Trinajstić information content (AvgIpc) is 2.08. The summed E-state index contributed by atoms with van der Waals surface area (Å²) in [6, 6.07) is 3.52. The SMILES string of the molecule is CNc1ccc(C)c(Br)c1[N+](=O)[O-]. The highest BCUT2D eigenvalue weighted by molar-refractivity contribution is 9.10. The predicted octanol–water partition coefficient (Wildman–Crippen LogP) is 2.71. The first-order valence-corrected chi connectivity index (χ1v) is 4.48. The molecule has 5 heteroatoms. The quantitative estimate of drug-likeness (QED) is 0.643. The van der Waals surface area contributed by atoms with E-state index in [9.17, 15) is 10.1 Å². The van der Waals surface area contributed by atoms with Crippen LogP contribution in [-0.4, -0.2) is 12.0 Å². The molecule has 0 aliphatic carbocycles. The van der Waals surface area contributed by atoms with Gasteiger partial charge in [0, 0.05) is 7.05 Å². The normalized spacial score (nSPS) is 9.77. The van der Waals surface area contributed by atoms with Crippen molar-refractivity contribution in [2.45, 2.75) is 6.92 Å². The molecule has 0 aliphatic rings. The van der Waals surface area contributed by atoms with Crippen LogP contribution in [0.4, 0.5) is 11.4 Å². The van der Waals surface area contributed by atoms with Gasteiger partial charge >= 0.3 is 5.69 Å². The lowest BCUT2D eigenvalue weighted by atomic mass is 10.2. The van der Waals surface area contributed by atoms with Gasteiger partial charge in [0.15, 0.2) is 0 Å². The largest absolute Gasteiger partial charge is 0.383 e. The zero-order valence-corrected chi connectivity index (χ0v) is 8.88. The summed E-state index contributed by atoms with van der Waals surface area (Å²) in [6.45, 7) is 1.82. The van der Waals surface area contributed by atoms with Gasteiger partial charge in [-0.25, -0.2) is 0 Å². The molecule has 4 nitrogen and oxygen atoms in total. The van der Waals surface area contributed by atoms with Gasteiger partial charge in [-0.2, -0.15) is 0 Å². The molecule has 1 aromatic rings. The van der Waals surface area contributed by atoms with E-state index in [-0.39, 0.29) is 5.69 Å². The van der Waals surface area contributed by atoms with E-state index in [1.54, 1.807) is 13.1 Å². The zero-order valence-electron chi connectivity index (χ0n) is 7.30. The molecule has 0 fully saturated rings. The minimum atomic E-state index is -0.400. The van der Waals surface area contributed by atoms with Crippen molar-refractivity contribution < 1.29 is 4.92 Å². The number of halogens is 1. The average molecular weight is 245 g/mol. The Labute approximate surface area is 84.2 Å². The third-order valence-corrected chi connectivity index (χ3v) is 2.76. The summed E-state index contributed by atoms with van der Waals surface area (Å²) in [6.07, 6.45) is 0. The number of anilines is 1. The van der Waals surface area contributed by atoms with Crippen LogP contribution < -0.4 is 5.32 Å². The first-order chi connectivity index (χ1) is 6.07. The van der Waals surface area contributed by atoms with Gasteiger partial charge in [-0.15, -0.1) is 0 Å². The van der Waals surface area contributed by atoms with Crippen LogP contribution in [0.5, 0.6) is 0 Å². The summed E-state index contributed by atoms with van der Waals surface area (Å²) in [5.41, 5.74) is 1.45. The van der Waals surface area contributed by atoms with Crippen LogP contribution in [0, 0.1) is 17.0 Å². The van der Waals surface area contributed by atoms with Crippen molar-refractivity contribution in [1.82, 2.24) is 0 Å². The van der Waals surface area contributed by atoms with Crippen LogP contribution >= 0.6 is 15.9 Å². The summed E-state index contributed by atoms with van der Waals surface area (Å²) in [5.74, 6) is 0. The van der Waals surface area contributed by atoms with Gasteiger partial charge in [-0.1, -0.05) is 6.07 Å². The molecule has 0 radical (unpaired) electrons. The van der Waals surface area contributed by atoms with Crippen LogP contribution in [0.3, 0.4) is 0 Å². The lowest BCUT2D eigenvalue weighted by Gasteiger charge is -2.05. The van der Waals surface area contributed by atoms with Crippen LogP contribution in [-0.2, 0) is 0 Å². The van der Waals surface area contributed by atoms with E-state index in [0.29, 0.717) is 10.2 Å². The van der Waals surface area contributed by atoms with Gasteiger partial charge < -0.3 is 5.32 Å². The third kappa shape index (κ3) is 1.80. The van der Waals surface area contributed by atoms with Crippen LogP contribution in [0.2, 0.25) is 0 Å². The summed E-state index contributed by atoms with van der Waals surface area (Å²) in [7, 11) is 1.66. The highest BCUT2D eigenvalue weighted by atomic mass is 79.9. The number of aryl methyl sites for hydroxylation is 1. The number of nitro groups is 1. The van der Waals surface area contributed by atoms with E-state index < -0.39 is 4.92 Å². The maximum absolute atomic E-state index is 10.7. The molecule has 1 aromatic carbocycles. The Bertz CT molecular complexity index is 352. The lowest BCUT2D eigenvalue weighted by Crippen LogP contribution is -1.98. The number of nitrogens with one attached hydrogen (secondary N) is 1. The lowest BCUT2D eigenvalue weighted by molar-refractivity contribution is -0.384. The molecule has 0 saturated carbocycles. The first-order valence-electron chi connectivity index (χ1n) is 3.69. The Morgan fingerprint density at radius 1 is 1.54 bits per heavy atom. The molecule has 0 aliphatic heterocycles. The molecule has 70 valence electrons. The molecule has 0 heterocycles. The standard InChI is InChI=1S/C8H9BrN2O2/c1-5-3-4-6(10-2)8(7(5)9)11(12)13/h3-4,10H,1-2H3. The van der Waals surface area contributed by atoms with Crippen LogP contribution in [0.1, 0.15) is 5.56 Å². The number of nitro benzene ring substituents is 1. The summed E-state index contributed by atoms with van der Waals surface area (Å²) in [4.78, 5) is 10.3. The van der Waals surface area contributed by atoms with Crippen LogP contribution in [0.15, 0.2) is 16.6 Å². The van der Waals surface area contributed by atoms with E-state index in [1.165, 1.54) is 0 Å². The van der Waals surface area contributed by atoms with Crippen molar-refractivity contribution in [1.29, 1.82) is 0 Å². The maximum Gasteiger partial charge on any atom is 0.306 e. The number of nitrogens with zero attached hydrogens (tertiary/aromatic N) is 1. The Kier molecular flexibility index (Phi) is 2.87. The molecular weight excluding hydrogens is 236 g/mol. The third-order valence-electron chi connectivity index (χ3n) is 1.76. The molecule has 0 aromatic heterocycles. The predicted molar refractivity (Wildman–Crippen MR) is 55.1 cm³/mol. The van der Waals surface area contributed by atoms with Gasteiger partial charge in [0.05, 0.1) is 4.92 Å². The van der Waals surface area contributed by atoms with Crippen molar-refractivity contribution in [3.8, 4) is 0 Å². The number of hydrogen-bond donors (Lipinski definition) is 1. The Balaban J connectivity index is 3.41. The maximum atomic E-state index is 10.7. The minimum Gasteiger partial charge on any atom is -0.383 e. The monoisotopic (exact) mass is 244 g/mol. The van der Waals surface area contributed by atoms with Crippen molar-refractivity contribution in [2.75, 3.05) is 12.4 Å². The van der Waals surface area contributed by atoms with E-state index in [1.807, 2.05) is 13.0 Å². The van der Waals surface area contributed by atoms with E-state index in [0.717, 1.165) is 5.56 Å². The second-order valence-corrected chi connectivity index (χ2v) is 3.39. The molecule has 1 rings (SSSR count). The van der Waals surface area contributed by atoms with Crippen molar-refractivity contribution in [3.05, 3.63) is 32.3 Å². The van der Waals surface area contributed by atoms with E-state index in [2.05, 4.69) is 21.2 Å². The minimum absolute atomic E-state index is 0.0856. The molecule has 0 unspecified atom stereocenters. The molecule has 0 amide bonds.